The number of esters is 2. The number of nitrogen functional groups attached to an aromatic ring is 1. The fourth-order valence-electron chi connectivity index (χ4n) is 2.73. The second-order valence-corrected chi connectivity index (χ2v) is 5.98. The number of imidazole rings is 1. The lowest BCUT2D eigenvalue weighted by Crippen LogP contribution is -2.31. The summed E-state index contributed by atoms with van der Waals surface area (Å²) in [7, 11) is 0. The van der Waals surface area contributed by atoms with Gasteiger partial charge in [-0.05, 0) is 0 Å². The number of aromatic amines is 1. The van der Waals surface area contributed by atoms with E-state index in [9.17, 15) is 9.59 Å². The highest BCUT2D eigenvalue weighted by Gasteiger charge is 2.39. The number of nitrogens with two attached hydrogens (primary N) is 1. The fraction of sp³-hybridized carbons (Fsp3) is 0.500. The van der Waals surface area contributed by atoms with Crippen molar-refractivity contribution in [2.45, 2.75) is 38.7 Å². The third-order valence-corrected chi connectivity index (χ3v) is 4.01. The van der Waals surface area contributed by atoms with Gasteiger partial charge in [0.1, 0.15) is 36.2 Å². The molecule has 1 aliphatic rings. The molecule has 3 rings (SSSR count). The quantitative estimate of drug-likeness (QED) is 0.595. The molecule has 0 aliphatic carbocycles. The van der Waals surface area contributed by atoms with Crippen LogP contribution >= 0.6 is 12.2 Å². The highest BCUT2D eigenvalue weighted by molar-refractivity contribution is 7.71. The third-order valence-electron chi connectivity index (χ3n) is 3.72. The van der Waals surface area contributed by atoms with Gasteiger partial charge in [-0.2, -0.15) is 0 Å². The van der Waals surface area contributed by atoms with Gasteiger partial charge in [-0.25, -0.2) is 9.97 Å². The van der Waals surface area contributed by atoms with Gasteiger partial charge in [-0.1, -0.05) is 12.2 Å². The van der Waals surface area contributed by atoms with Crippen molar-refractivity contribution in [1.82, 2.24) is 19.5 Å². The molecule has 0 spiro atoms. The van der Waals surface area contributed by atoms with Crippen molar-refractivity contribution in [2.75, 3.05) is 12.3 Å². The Morgan fingerprint density at radius 2 is 2.24 bits per heavy atom. The lowest BCUT2D eigenvalue weighted by atomic mass is 10.2. The van der Waals surface area contributed by atoms with Crippen LogP contribution in [0.15, 0.2) is 6.33 Å². The predicted molar refractivity (Wildman–Crippen MR) is 87.8 cm³/mol. The van der Waals surface area contributed by atoms with E-state index in [1.807, 2.05) is 0 Å². The standard InChI is InChI=1S/C14H17N5O5S/c1-6(20)22-4-9-8(23-7(2)21)3-10(24-9)19-5-16-11-12(19)17-14(15)18-13(11)25/h5,8-10H,3-4H2,1-2H3,(H3,15,17,18,25)/t8-,9+,10?/m0/s1. The summed E-state index contributed by atoms with van der Waals surface area (Å²) < 4.78 is 18.2. The summed E-state index contributed by atoms with van der Waals surface area (Å²) >= 11 is 5.15. The molecule has 10 nitrogen and oxygen atoms in total. The maximum Gasteiger partial charge on any atom is 0.303 e. The molecule has 1 fully saturated rings. The van der Waals surface area contributed by atoms with Crippen LogP contribution in [-0.2, 0) is 23.8 Å². The van der Waals surface area contributed by atoms with Crippen molar-refractivity contribution in [3.8, 4) is 0 Å². The molecule has 3 N–H and O–H groups in total. The van der Waals surface area contributed by atoms with E-state index < -0.39 is 30.4 Å². The smallest absolute Gasteiger partial charge is 0.303 e. The minimum Gasteiger partial charge on any atom is -0.463 e. The first-order valence-electron chi connectivity index (χ1n) is 7.53. The molecule has 0 radical (unpaired) electrons. The Morgan fingerprint density at radius 3 is 2.92 bits per heavy atom. The summed E-state index contributed by atoms with van der Waals surface area (Å²) in [5.41, 5.74) is 6.75. The van der Waals surface area contributed by atoms with Crippen LogP contribution in [0, 0.1) is 4.64 Å². The van der Waals surface area contributed by atoms with Gasteiger partial charge in [0.05, 0.1) is 6.33 Å². The van der Waals surface area contributed by atoms with Crippen LogP contribution in [0.3, 0.4) is 0 Å². The maximum atomic E-state index is 11.3. The number of rotatable bonds is 4. The molecule has 1 aliphatic heterocycles. The minimum absolute atomic E-state index is 0.0178. The molecule has 0 bridgehead atoms. The summed E-state index contributed by atoms with van der Waals surface area (Å²) in [4.78, 5) is 33.5. The number of fused-ring (bicyclic) bond motifs is 1. The molecule has 11 heteroatoms. The first-order valence-corrected chi connectivity index (χ1v) is 7.94. The molecule has 0 aromatic carbocycles. The molecule has 0 saturated carbocycles. The Kier molecular flexibility index (Phi) is 4.68. The number of carbonyl (C=O) groups is 2. The highest BCUT2D eigenvalue weighted by atomic mass is 32.1. The Labute approximate surface area is 147 Å². The zero-order chi connectivity index (χ0) is 18.1. The summed E-state index contributed by atoms with van der Waals surface area (Å²) in [6.45, 7) is 2.59. The van der Waals surface area contributed by atoms with Gasteiger partial charge in [0.15, 0.2) is 10.6 Å². The van der Waals surface area contributed by atoms with Crippen molar-refractivity contribution >= 4 is 41.3 Å². The van der Waals surface area contributed by atoms with E-state index in [-0.39, 0.29) is 17.2 Å². The van der Waals surface area contributed by atoms with Gasteiger partial charge in [0.2, 0.25) is 0 Å². The number of hydrogen-bond acceptors (Lipinski definition) is 9. The first-order chi connectivity index (χ1) is 11.8. The molecule has 134 valence electrons. The Morgan fingerprint density at radius 1 is 1.48 bits per heavy atom. The monoisotopic (exact) mass is 367 g/mol. The largest absolute Gasteiger partial charge is 0.463 e. The second kappa shape index (κ2) is 6.76. The number of nitrogens with one attached hydrogen (secondary N) is 1. The van der Waals surface area contributed by atoms with Gasteiger partial charge in [-0.3, -0.25) is 14.2 Å². The fourth-order valence-corrected chi connectivity index (χ4v) is 2.98. The minimum atomic E-state index is -0.586. The molecule has 1 unspecified atom stereocenters. The van der Waals surface area contributed by atoms with E-state index in [4.69, 9.17) is 32.2 Å². The van der Waals surface area contributed by atoms with Crippen LogP contribution < -0.4 is 5.73 Å². The molecular weight excluding hydrogens is 350 g/mol. The molecule has 1 saturated heterocycles. The maximum absolute atomic E-state index is 11.3. The predicted octanol–water partition coefficient (Wildman–Crippen LogP) is 0.853. The summed E-state index contributed by atoms with van der Waals surface area (Å²) in [6, 6.07) is 0. The van der Waals surface area contributed by atoms with E-state index in [1.54, 1.807) is 10.9 Å². The van der Waals surface area contributed by atoms with Crippen molar-refractivity contribution < 1.29 is 23.8 Å². The normalized spacial score (nSPS) is 22.9. The molecule has 3 atom stereocenters. The third kappa shape index (κ3) is 3.61. The Bertz CT molecular complexity index is 878. The first kappa shape index (κ1) is 17.3. The average molecular weight is 367 g/mol. The van der Waals surface area contributed by atoms with Gasteiger partial charge < -0.3 is 24.9 Å². The Hall–Kier alpha value is -2.53. The topological polar surface area (TPSA) is 134 Å². The molecule has 3 heterocycles. The van der Waals surface area contributed by atoms with Crippen LogP contribution in [0.5, 0.6) is 0 Å². The van der Waals surface area contributed by atoms with Crippen LogP contribution in [0.4, 0.5) is 5.95 Å². The second-order valence-electron chi connectivity index (χ2n) is 5.59. The number of H-pyrrole nitrogens is 1. The zero-order valence-electron chi connectivity index (χ0n) is 13.6. The van der Waals surface area contributed by atoms with E-state index >= 15 is 0 Å². The SMILES string of the molecule is CC(=O)OC[C@H]1OC(n2cnc3c(=S)nc(N)[nH]c32)C[C@@H]1OC(C)=O. The number of hydrogen-bond donors (Lipinski definition) is 2. The van der Waals surface area contributed by atoms with Gasteiger partial charge in [0.25, 0.3) is 0 Å². The van der Waals surface area contributed by atoms with Crippen molar-refractivity contribution in [3.63, 3.8) is 0 Å². The van der Waals surface area contributed by atoms with E-state index in [0.717, 1.165) is 0 Å². The lowest BCUT2D eigenvalue weighted by molar-refractivity contribution is -0.155. The molecule has 25 heavy (non-hydrogen) atoms. The number of aromatic nitrogens is 4. The van der Waals surface area contributed by atoms with E-state index in [0.29, 0.717) is 17.6 Å². The van der Waals surface area contributed by atoms with Crippen LogP contribution in [0.25, 0.3) is 11.2 Å². The summed E-state index contributed by atoms with van der Waals surface area (Å²) in [5.74, 6) is -0.722. The van der Waals surface area contributed by atoms with Crippen LogP contribution in [0.2, 0.25) is 0 Å². The molecule has 2 aromatic heterocycles. The Balaban J connectivity index is 1.89. The van der Waals surface area contributed by atoms with Gasteiger partial charge >= 0.3 is 11.9 Å². The number of nitrogens with zero attached hydrogens (tertiary/aromatic N) is 3. The van der Waals surface area contributed by atoms with Crippen molar-refractivity contribution in [1.29, 1.82) is 0 Å². The lowest BCUT2D eigenvalue weighted by Gasteiger charge is -2.17. The zero-order valence-corrected chi connectivity index (χ0v) is 14.4. The average Bonchev–Trinajstić information content (AvgIpc) is 3.08. The number of anilines is 1. The van der Waals surface area contributed by atoms with Gasteiger partial charge in [0, 0.05) is 20.3 Å². The summed E-state index contributed by atoms with van der Waals surface area (Å²) in [6.07, 6.45) is 0.267. The summed E-state index contributed by atoms with van der Waals surface area (Å²) in [5, 5.41) is 0. The van der Waals surface area contributed by atoms with Crippen molar-refractivity contribution in [3.05, 3.63) is 11.0 Å². The molecule has 0 amide bonds. The molecule has 2 aromatic rings. The number of ether oxygens (including phenoxy) is 3. The molecular formula is C14H17N5O5S. The van der Waals surface area contributed by atoms with Crippen LogP contribution in [-0.4, -0.2) is 50.3 Å². The van der Waals surface area contributed by atoms with E-state index in [2.05, 4.69) is 15.0 Å². The van der Waals surface area contributed by atoms with Crippen LogP contribution in [0.1, 0.15) is 26.5 Å². The van der Waals surface area contributed by atoms with Gasteiger partial charge in [-0.15, -0.1) is 0 Å². The number of carbonyl (C=O) groups excluding carboxylic acids is 2. The van der Waals surface area contributed by atoms with E-state index in [1.165, 1.54) is 13.8 Å². The van der Waals surface area contributed by atoms with Crippen molar-refractivity contribution in [2.24, 2.45) is 0 Å². The highest BCUT2D eigenvalue weighted by Crippen LogP contribution is 2.33.